The number of carboxylic acid groups (broad SMARTS) is 1. The van der Waals surface area contributed by atoms with Crippen LogP contribution < -0.4 is 4.74 Å². The Morgan fingerprint density at radius 1 is 1.19 bits per heavy atom. The molecular formula is C20H18Cl2N2O3. The quantitative estimate of drug-likeness (QED) is 0.576. The molecule has 27 heavy (non-hydrogen) atoms. The second-order valence-corrected chi connectivity index (χ2v) is 6.85. The summed E-state index contributed by atoms with van der Waals surface area (Å²) in [6.45, 7) is 4.41. The van der Waals surface area contributed by atoms with Crippen LogP contribution in [-0.4, -0.2) is 27.5 Å². The van der Waals surface area contributed by atoms with E-state index in [-0.39, 0.29) is 5.69 Å². The maximum Gasteiger partial charge on any atom is 0.356 e. The molecule has 140 valence electrons. The number of halogens is 2. The van der Waals surface area contributed by atoms with Gasteiger partial charge < -0.3 is 9.84 Å². The normalized spacial score (nSPS) is 10.8. The van der Waals surface area contributed by atoms with E-state index in [0.717, 1.165) is 17.7 Å². The maximum absolute atomic E-state index is 11.6. The summed E-state index contributed by atoms with van der Waals surface area (Å²) in [6.07, 6.45) is 0.921. The number of aromatic carboxylic acids is 1. The van der Waals surface area contributed by atoms with Gasteiger partial charge in [-0.1, -0.05) is 30.1 Å². The molecule has 1 heterocycles. The number of ether oxygens (including phenoxy) is 1. The van der Waals surface area contributed by atoms with E-state index >= 15 is 0 Å². The molecule has 0 amide bonds. The number of hydrogen-bond acceptors (Lipinski definition) is 3. The van der Waals surface area contributed by atoms with Crippen LogP contribution in [0.25, 0.3) is 16.9 Å². The molecule has 0 saturated heterocycles. The molecule has 0 atom stereocenters. The average Bonchev–Trinajstić information content (AvgIpc) is 2.97. The van der Waals surface area contributed by atoms with Crippen LogP contribution in [0.3, 0.4) is 0 Å². The molecule has 0 fully saturated rings. The minimum Gasteiger partial charge on any atom is -0.494 e. The monoisotopic (exact) mass is 404 g/mol. The van der Waals surface area contributed by atoms with Crippen molar-refractivity contribution in [1.82, 2.24) is 9.78 Å². The molecule has 2 aromatic carbocycles. The van der Waals surface area contributed by atoms with Gasteiger partial charge in [0.15, 0.2) is 5.69 Å². The summed E-state index contributed by atoms with van der Waals surface area (Å²) in [6, 6.07) is 12.5. The van der Waals surface area contributed by atoms with Crippen molar-refractivity contribution in [2.75, 3.05) is 6.61 Å². The lowest BCUT2D eigenvalue weighted by Crippen LogP contribution is -2.03. The third kappa shape index (κ3) is 3.94. The molecule has 0 aliphatic heterocycles. The van der Waals surface area contributed by atoms with Crippen molar-refractivity contribution in [1.29, 1.82) is 0 Å². The lowest BCUT2D eigenvalue weighted by atomic mass is 10.1. The number of aromatic nitrogens is 2. The summed E-state index contributed by atoms with van der Waals surface area (Å²) in [5.41, 5.74) is 2.54. The summed E-state index contributed by atoms with van der Waals surface area (Å²) >= 11 is 12.3. The summed E-state index contributed by atoms with van der Waals surface area (Å²) in [5, 5.41) is 14.7. The van der Waals surface area contributed by atoms with E-state index in [1.54, 1.807) is 29.8 Å². The van der Waals surface area contributed by atoms with Crippen molar-refractivity contribution < 1.29 is 14.6 Å². The molecule has 0 radical (unpaired) electrons. The molecule has 3 aromatic rings. The highest BCUT2D eigenvalue weighted by Gasteiger charge is 2.22. The average molecular weight is 405 g/mol. The zero-order valence-corrected chi connectivity index (χ0v) is 16.4. The molecule has 1 aromatic heterocycles. The van der Waals surface area contributed by atoms with Crippen LogP contribution in [0.5, 0.6) is 5.75 Å². The van der Waals surface area contributed by atoms with Crippen molar-refractivity contribution in [2.24, 2.45) is 0 Å². The second-order valence-electron chi connectivity index (χ2n) is 6.01. The van der Waals surface area contributed by atoms with Crippen molar-refractivity contribution in [3.05, 3.63) is 63.8 Å². The molecule has 5 nitrogen and oxygen atoms in total. The Kier molecular flexibility index (Phi) is 5.73. The van der Waals surface area contributed by atoms with Crippen LogP contribution in [-0.2, 0) is 0 Å². The predicted octanol–water partition coefficient (Wildman–Crippen LogP) is 5.64. The van der Waals surface area contributed by atoms with Gasteiger partial charge in [-0.3, -0.25) is 0 Å². The number of carbonyl (C=O) groups is 1. The van der Waals surface area contributed by atoms with Gasteiger partial charge in [0.05, 0.1) is 23.0 Å². The first kappa shape index (κ1) is 19.3. The molecule has 3 rings (SSSR count). The van der Waals surface area contributed by atoms with Gasteiger partial charge in [-0.2, -0.15) is 5.10 Å². The third-order valence-corrected chi connectivity index (χ3v) is 4.60. The van der Waals surface area contributed by atoms with Gasteiger partial charge in [-0.05, 0) is 55.8 Å². The Bertz CT molecular complexity index is 982. The fourth-order valence-electron chi connectivity index (χ4n) is 2.79. The molecular weight excluding hydrogens is 387 g/mol. The highest BCUT2D eigenvalue weighted by atomic mass is 35.5. The van der Waals surface area contributed by atoms with Gasteiger partial charge >= 0.3 is 5.97 Å². The van der Waals surface area contributed by atoms with Gasteiger partial charge in [-0.25, -0.2) is 9.48 Å². The Morgan fingerprint density at radius 3 is 2.48 bits per heavy atom. The number of carboxylic acids is 1. The summed E-state index contributed by atoms with van der Waals surface area (Å²) in [5.74, 6) is -0.340. The topological polar surface area (TPSA) is 64.3 Å². The zero-order valence-electron chi connectivity index (χ0n) is 14.9. The molecule has 1 N–H and O–H groups in total. The van der Waals surface area contributed by atoms with Gasteiger partial charge in [0.25, 0.3) is 0 Å². The first-order chi connectivity index (χ1) is 12.9. The van der Waals surface area contributed by atoms with Crippen molar-refractivity contribution in [2.45, 2.75) is 20.3 Å². The van der Waals surface area contributed by atoms with E-state index in [2.05, 4.69) is 5.10 Å². The lowest BCUT2D eigenvalue weighted by molar-refractivity contribution is 0.0689. The smallest absolute Gasteiger partial charge is 0.356 e. The van der Waals surface area contributed by atoms with E-state index in [1.807, 2.05) is 31.2 Å². The molecule has 0 saturated carbocycles. The maximum atomic E-state index is 11.6. The van der Waals surface area contributed by atoms with E-state index in [0.29, 0.717) is 33.6 Å². The number of hydrogen-bond donors (Lipinski definition) is 1. The van der Waals surface area contributed by atoms with Gasteiger partial charge in [-0.15, -0.1) is 0 Å². The fraction of sp³-hybridized carbons (Fsp3) is 0.200. The summed E-state index contributed by atoms with van der Waals surface area (Å²) in [7, 11) is 0. The molecule has 7 heteroatoms. The van der Waals surface area contributed by atoms with Crippen LogP contribution in [0, 0.1) is 6.92 Å². The molecule has 0 spiro atoms. The largest absolute Gasteiger partial charge is 0.494 e. The van der Waals surface area contributed by atoms with Crippen molar-refractivity contribution in [3.63, 3.8) is 0 Å². The Hall–Kier alpha value is -2.50. The Balaban J connectivity index is 2.15. The van der Waals surface area contributed by atoms with Gasteiger partial charge in [0.1, 0.15) is 5.75 Å². The molecule has 0 bridgehead atoms. The zero-order chi connectivity index (χ0) is 19.6. The predicted molar refractivity (Wildman–Crippen MR) is 107 cm³/mol. The van der Waals surface area contributed by atoms with E-state index in [4.69, 9.17) is 27.9 Å². The van der Waals surface area contributed by atoms with Crippen LogP contribution in [0.4, 0.5) is 0 Å². The Labute approximate surface area is 167 Å². The van der Waals surface area contributed by atoms with Gasteiger partial charge in [0.2, 0.25) is 0 Å². The number of nitrogens with zero attached hydrogens (tertiary/aromatic N) is 2. The van der Waals surface area contributed by atoms with Crippen LogP contribution >= 0.6 is 23.2 Å². The SMILES string of the molecule is CCCOc1ccc(-c2c(C)c(C(=O)O)nn2-c2ccc(Cl)cc2Cl)cc1. The van der Waals surface area contributed by atoms with Crippen LogP contribution in [0.15, 0.2) is 42.5 Å². The van der Waals surface area contributed by atoms with Crippen LogP contribution in [0.2, 0.25) is 10.0 Å². The second kappa shape index (κ2) is 8.03. The number of rotatable bonds is 6. The number of benzene rings is 2. The van der Waals surface area contributed by atoms with E-state index < -0.39 is 5.97 Å². The minimum atomic E-state index is -1.10. The first-order valence-corrected chi connectivity index (χ1v) is 9.19. The molecule has 0 aliphatic rings. The minimum absolute atomic E-state index is 0.0256. The van der Waals surface area contributed by atoms with Crippen LogP contribution in [0.1, 0.15) is 29.4 Å². The summed E-state index contributed by atoms with van der Waals surface area (Å²) in [4.78, 5) is 11.6. The third-order valence-electron chi connectivity index (χ3n) is 4.06. The highest BCUT2D eigenvalue weighted by molar-refractivity contribution is 6.35. The standard InChI is InChI=1S/C20H18Cl2N2O3/c1-3-10-27-15-7-4-13(5-8-15)19-12(2)18(20(25)26)23-24(19)17-9-6-14(21)11-16(17)22/h4-9,11H,3,10H2,1-2H3,(H,25,26). The fourth-order valence-corrected chi connectivity index (χ4v) is 3.28. The van der Waals surface area contributed by atoms with Crippen molar-refractivity contribution in [3.8, 4) is 22.7 Å². The molecule has 0 unspecified atom stereocenters. The van der Waals surface area contributed by atoms with E-state index in [1.165, 1.54) is 0 Å². The summed E-state index contributed by atoms with van der Waals surface area (Å²) < 4.78 is 7.16. The Morgan fingerprint density at radius 2 is 1.89 bits per heavy atom. The van der Waals surface area contributed by atoms with E-state index in [9.17, 15) is 9.90 Å². The first-order valence-electron chi connectivity index (χ1n) is 8.44. The van der Waals surface area contributed by atoms with Gasteiger partial charge in [0, 0.05) is 16.1 Å². The van der Waals surface area contributed by atoms with Crippen molar-refractivity contribution >= 4 is 29.2 Å². The molecule has 0 aliphatic carbocycles. The highest BCUT2D eigenvalue weighted by Crippen LogP contribution is 2.33. The lowest BCUT2D eigenvalue weighted by Gasteiger charge is -2.11.